The van der Waals surface area contributed by atoms with E-state index in [1.807, 2.05) is 80.6 Å². The Bertz CT molecular complexity index is 1640. The van der Waals surface area contributed by atoms with Crippen molar-refractivity contribution in [1.29, 1.82) is 0 Å². The van der Waals surface area contributed by atoms with Crippen LogP contribution >= 0.6 is 0 Å². The third kappa shape index (κ3) is 15.6. The maximum atomic E-state index is 13.3. The minimum absolute atomic E-state index is 0.107. The third-order valence-electron chi connectivity index (χ3n) is 9.39. The normalized spacial score (nSPS) is 13.7. The van der Waals surface area contributed by atoms with Gasteiger partial charge < -0.3 is 32.1 Å². The van der Waals surface area contributed by atoms with Gasteiger partial charge in [-0.1, -0.05) is 131 Å². The number of aliphatic carboxylic acids is 1. The Labute approximate surface area is 318 Å². The van der Waals surface area contributed by atoms with Crippen LogP contribution in [0.5, 0.6) is 0 Å². The monoisotopic (exact) mass is 741 g/mol. The lowest BCUT2D eigenvalue weighted by Gasteiger charge is -2.26. The highest BCUT2D eigenvalue weighted by molar-refractivity contribution is 5.92. The second-order valence-corrected chi connectivity index (χ2v) is 13.8. The van der Waals surface area contributed by atoms with Crippen LogP contribution in [-0.4, -0.2) is 64.8 Å². The number of rotatable bonds is 24. The van der Waals surface area contributed by atoms with Crippen molar-refractivity contribution in [2.75, 3.05) is 0 Å². The van der Waals surface area contributed by atoms with Crippen molar-refractivity contribution < 1.29 is 33.9 Å². The molecule has 0 saturated carbocycles. The lowest BCUT2D eigenvalue weighted by Crippen LogP contribution is -2.55. The smallest absolute Gasteiger partial charge is 0.326 e. The number of benzene rings is 3. The van der Waals surface area contributed by atoms with Gasteiger partial charge in [0.25, 0.3) is 0 Å². The molecule has 0 spiro atoms. The molecule has 0 aliphatic rings. The zero-order chi connectivity index (χ0) is 39.3. The van der Waals surface area contributed by atoms with Crippen molar-refractivity contribution in [3.8, 4) is 0 Å². The molecule has 3 aromatic rings. The summed E-state index contributed by atoms with van der Waals surface area (Å²) in [6.07, 6.45) is 5.04. The molecule has 0 heterocycles. The summed E-state index contributed by atoms with van der Waals surface area (Å²) in [6, 6.07) is 23.6. The summed E-state index contributed by atoms with van der Waals surface area (Å²) in [7, 11) is 0. The summed E-state index contributed by atoms with van der Waals surface area (Å²) in [5, 5.41) is 20.8. The van der Waals surface area contributed by atoms with Gasteiger partial charge in [-0.3, -0.25) is 24.0 Å². The van der Waals surface area contributed by atoms with Crippen LogP contribution in [0.15, 0.2) is 91.0 Å². The number of carbonyl (C=O) groups is 6. The number of primary amides is 1. The van der Waals surface area contributed by atoms with E-state index in [9.17, 15) is 33.9 Å². The number of carboxylic acids is 1. The molecule has 0 aliphatic carbocycles. The second-order valence-electron chi connectivity index (χ2n) is 13.8. The summed E-state index contributed by atoms with van der Waals surface area (Å²) in [5.41, 5.74) is 8.03. The van der Waals surface area contributed by atoms with E-state index in [-0.39, 0.29) is 49.8 Å². The van der Waals surface area contributed by atoms with E-state index >= 15 is 0 Å². The van der Waals surface area contributed by atoms with E-state index in [0.29, 0.717) is 19.3 Å². The molecule has 0 fully saturated rings. The molecule has 5 amide bonds. The Hall–Kier alpha value is -5.52. The van der Waals surface area contributed by atoms with E-state index in [0.717, 1.165) is 36.0 Å². The number of carbonyl (C=O) groups excluding carboxylic acids is 5. The highest BCUT2D eigenvalue weighted by Crippen LogP contribution is 2.13. The zero-order valence-corrected chi connectivity index (χ0v) is 31.3. The van der Waals surface area contributed by atoms with Crippen molar-refractivity contribution in [3.05, 3.63) is 108 Å². The maximum Gasteiger partial charge on any atom is 0.326 e. The first-order valence-electron chi connectivity index (χ1n) is 18.8. The van der Waals surface area contributed by atoms with Gasteiger partial charge in [0.15, 0.2) is 0 Å². The van der Waals surface area contributed by atoms with Gasteiger partial charge in [-0.2, -0.15) is 0 Å². The fourth-order valence-electron chi connectivity index (χ4n) is 6.03. The SMILES string of the molecule is CC[C@@H](C)[C@H](NC(=O)CCCCCCCC(=O)N[C@@H](Cc1ccccc1)C(=O)N[C@@H](Cc1ccccc1)C(=O)O)C(=O)N[C@@H](Cc1ccccc1)C(N)=O. The Morgan fingerprint density at radius 2 is 0.963 bits per heavy atom. The molecule has 12 heteroatoms. The number of hydrogen-bond acceptors (Lipinski definition) is 6. The molecular weight excluding hydrogens is 686 g/mol. The summed E-state index contributed by atoms with van der Waals surface area (Å²) < 4.78 is 0. The van der Waals surface area contributed by atoms with Gasteiger partial charge in [-0.25, -0.2) is 4.79 Å². The Balaban J connectivity index is 1.43. The van der Waals surface area contributed by atoms with E-state index in [2.05, 4.69) is 21.3 Å². The molecule has 12 nitrogen and oxygen atoms in total. The summed E-state index contributed by atoms with van der Waals surface area (Å²) in [6.45, 7) is 3.79. The molecule has 0 aliphatic heterocycles. The number of nitrogens with one attached hydrogen (secondary N) is 4. The minimum Gasteiger partial charge on any atom is -0.480 e. The summed E-state index contributed by atoms with van der Waals surface area (Å²) in [4.78, 5) is 76.5. The van der Waals surface area contributed by atoms with Gasteiger partial charge in [-0.05, 0) is 35.4 Å². The molecule has 3 rings (SSSR count). The van der Waals surface area contributed by atoms with Gasteiger partial charge in [0.2, 0.25) is 29.5 Å². The van der Waals surface area contributed by atoms with Crippen molar-refractivity contribution in [1.82, 2.24) is 21.3 Å². The Morgan fingerprint density at radius 1 is 0.556 bits per heavy atom. The van der Waals surface area contributed by atoms with Crippen LogP contribution in [0, 0.1) is 5.92 Å². The average Bonchev–Trinajstić information content (AvgIpc) is 3.16. The number of nitrogens with two attached hydrogens (primary N) is 1. The first kappa shape index (κ1) is 42.9. The van der Waals surface area contributed by atoms with E-state index < -0.39 is 47.9 Å². The van der Waals surface area contributed by atoms with Crippen molar-refractivity contribution in [2.45, 2.75) is 109 Å². The highest BCUT2D eigenvalue weighted by Gasteiger charge is 2.30. The van der Waals surface area contributed by atoms with Crippen molar-refractivity contribution >= 4 is 35.5 Å². The number of carboxylic acid groups (broad SMARTS) is 1. The minimum atomic E-state index is -1.16. The largest absolute Gasteiger partial charge is 0.480 e. The van der Waals surface area contributed by atoms with Crippen molar-refractivity contribution in [3.63, 3.8) is 0 Å². The molecule has 3 aromatic carbocycles. The van der Waals surface area contributed by atoms with Crippen LogP contribution < -0.4 is 27.0 Å². The molecule has 0 bridgehead atoms. The van der Waals surface area contributed by atoms with Gasteiger partial charge in [0.1, 0.15) is 24.2 Å². The van der Waals surface area contributed by atoms with Gasteiger partial charge >= 0.3 is 5.97 Å². The quantitative estimate of drug-likeness (QED) is 0.0746. The van der Waals surface area contributed by atoms with E-state index in [1.54, 1.807) is 24.3 Å². The third-order valence-corrected chi connectivity index (χ3v) is 9.39. The van der Waals surface area contributed by atoms with Crippen LogP contribution in [0.25, 0.3) is 0 Å². The lowest BCUT2D eigenvalue weighted by molar-refractivity contribution is -0.142. The number of amides is 5. The van der Waals surface area contributed by atoms with Gasteiger partial charge in [-0.15, -0.1) is 0 Å². The highest BCUT2D eigenvalue weighted by atomic mass is 16.4. The molecule has 54 heavy (non-hydrogen) atoms. The number of hydrogen-bond donors (Lipinski definition) is 6. The maximum absolute atomic E-state index is 13.3. The molecule has 7 N–H and O–H groups in total. The molecule has 0 aromatic heterocycles. The van der Waals surface area contributed by atoms with Crippen LogP contribution in [0.3, 0.4) is 0 Å². The van der Waals surface area contributed by atoms with Crippen molar-refractivity contribution in [2.24, 2.45) is 11.7 Å². The van der Waals surface area contributed by atoms with E-state index in [4.69, 9.17) is 5.73 Å². The average molecular weight is 742 g/mol. The van der Waals surface area contributed by atoms with Gasteiger partial charge in [0.05, 0.1) is 0 Å². The summed E-state index contributed by atoms with van der Waals surface area (Å²) >= 11 is 0. The fourth-order valence-corrected chi connectivity index (χ4v) is 6.03. The molecule has 0 saturated heterocycles. The predicted octanol–water partition coefficient (Wildman–Crippen LogP) is 4.00. The van der Waals surface area contributed by atoms with Crippen LogP contribution in [-0.2, 0) is 48.0 Å². The second kappa shape index (κ2) is 23.2. The predicted molar refractivity (Wildman–Crippen MR) is 207 cm³/mol. The van der Waals surface area contributed by atoms with Gasteiger partial charge in [0, 0.05) is 32.1 Å². The standard InChI is InChI=1S/C42H55N5O7/c1-3-29(2)38(41(52)45-33(39(43)50)26-30-18-10-7-11-19-30)47-37(49)25-17-6-4-5-16-24-36(48)44-34(27-31-20-12-8-13-21-31)40(51)46-35(42(53)54)28-32-22-14-9-15-23-32/h7-15,18-23,29,33-35,38H,3-6,16-17,24-28H2,1-2H3,(H2,43,50)(H,44,48)(H,45,52)(H,46,51)(H,47,49)(H,53,54)/t29-,33+,34+,35+,38+/m1/s1. The topological polar surface area (TPSA) is 197 Å². The molecule has 0 unspecified atom stereocenters. The molecular formula is C42H55N5O7. The summed E-state index contributed by atoms with van der Waals surface area (Å²) in [5.74, 6) is -3.57. The lowest BCUT2D eigenvalue weighted by atomic mass is 9.97. The first-order valence-corrected chi connectivity index (χ1v) is 18.8. The fraction of sp³-hybridized carbons (Fsp3) is 0.429. The number of unbranched alkanes of at least 4 members (excludes halogenated alkanes) is 4. The zero-order valence-electron chi connectivity index (χ0n) is 31.3. The molecule has 5 atom stereocenters. The Morgan fingerprint density at radius 3 is 1.41 bits per heavy atom. The molecule has 290 valence electrons. The Kier molecular flexibility index (Phi) is 18.4. The molecule has 0 radical (unpaired) electrons. The first-order chi connectivity index (χ1) is 26.0. The van der Waals surface area contributed by atoms with E-state index in [1.165, 1.54) is 0 Å². The van der Waals surface area contributed by atoms with Crippen LogP contribution in [0.2, 0.25) is 0 Å². The van der Waals surface area contributed by atoms with Crippen LogP contribution in [0.4, 0.5) is 0 Å². The van der Waals surface area contributed by atoms with Crippen LogP contribution in [0.1, 0.15) is 81.9 Å².